The molecule has 6 heteroatoms. The molecule has 3 rings (SSSR count). The van der Waals surface area contributed by atoms with Gasteiger partial charge in [0.2, 0.25) is 0 Å². The predicted molar refractivity (Wildman–Crippen MR) is 87.2 cm³/mol. The van der Waals surface area contributed by atoms with Crippen molar-refractivity contribution in [1.29, 1.82) is 0 Å². The summed E-state index contributed by atoms with van der Waals surface area (Å²) in [5.41, 5.74) is 0.975. The number of aryl methyl sites for hydroxylation is 1. The number of nitrogens with zero attached hydrogens (tertiary/aromatic N) is 1. The van der Waals surface area contributed by atoms with E-state index in [0.717, 1.165) is 5.56 Å². The number of hydrogen-bond donors (Lipinski definition) is 1. The first-order valence-corrected chi connectivity index (χ1v) is 8.22. The van der Waals surface area contributed by atoms with Crippen molar-refractivity contribution in [2.45, 2.75) is 19.8 Å². The van der Waals surface area contributed by atoms with Crippen LogP contribution in [0.1, 0.15) is 28.8 Å². The molecule has 2 heterocycles. The smallest absolute Gasteiger partial charge is 0.308 e. The van der Waals surface area contributed by atoms with Crippen molar-refractivity contribution in [1.82, 2.24) is 4.90 Å². The molecule has 1 unspecified atom stereocenters. The zero-order valence-corrected chi connectivity index (χ0v) is 14.1. The number of hydrogen-bond acceptors (Lipinski definition) is 4. The van der Waals surface area contributed by atoms with Gasteiger partial charge in [0.1, 0.15) is 5.75 Å². The van der Waals surface area contributed by atoms with Gasteiger partial charge in [-0.15, -0.1) is 0 Å². The number of amides is 1. The third-order valence-corrected chi connectivity index (χ3v) is 5.39. The van der Waals surface area contributed by atoms with Crippen molar-refractivity contribution in [2.75, 3.05) is 33.4 Å². The molecule has 0 aromatic heterocycles. The highest BCUT2D eigenvalue weighted by Gasteiger charge is 2.52. The molecule has 0 bridgehead atoms. The van der Waals surface area contributed by atoms with Crippen LogP contribution in [-0.2, 0) is 9.53 Å². The second-order valence-electron chi connectivity index (χ2n) is 6.70. The van der Waals surface area contributed by atoms with Gasteiger partial charge in [-0.2, -0.15) is 0 Å². The van der Waals surface area contributed by atoms with Crippen LogP contribution in [0, 0.1) is 18.3 Å². The zero-order valence-electron chi connectivity index (χ0n) is 14.1. The lowest BCUT2D eigenvalue weighted by Crippen LogP contribution is -2.40. The van der Waals surface area contributed by atoms with Gasteiger partial charge in [-0.25, -0.2) is 0 Å². The molecule has 130 valence electrons. The first-order valence-electron chi connectivity index (χ1n) is 8.22. The Labute approximate surface area is 141 Å². The number of methoxy groups -OCH3 is 1. The number of carboxylic acid groups (broad SMARTS) is 1. The highest BCUT2D eigenvalue weighted by molar-refractivity contribution is 5.99. The summed E-state index contributed by atoms with van der Waals surface area (Å²) >= 11 is 0. The number of benzene rings is 1. The second-order valence-corrected chi connectivity index (χ2v) is 6.70. The SMILES string of the molecule is COc1cccc(C)c1C(=O)N1CC(C(=O)O)C2(CCOCC2)C1. The number of likely N-dealkylation sites (tertiary alicyclic amines) is 1. The Balaban J connectivity index is 1.91. The Hall–Kier alpha value is -2.08. The molecule has 1 spiro atoms. The monoisotopic (exact) mass is 333 g/mol. The minimum atomic E-state index is -0.830. The van der Waals surface area contributed by atoms with Gasteiger partial charge in [0.15, 0.2) is 0 Å². The molecule has 2 aliphatic rings. The van der Waals surface area contributed by atoms with Crippen LogP contribution >= 0.6 is 0 Å². The van der Waals surface area contributed by atoms with Crippen molar-refractivity contribution >= 4 is 11.9 Å². The summed E-state index contributed by atoms with van der Waals surface area (Å²) in [4.78, 5) is 26.5. The number of ether oxygens (including phenoxy) is 2. The van der Waals surface area contributed by atoms with Gasteiger partial charge in [0, 0.05) is 31.7 Å². The van der Waals surface area contributed by atoms with Crippen molar-refractivity contribution < 1.29 is 24.2 Å². The van der Waals surface area contributed by atoms with Crippen molar-refractivity contribution in [2.24, 2.45) is 11.3 Å². The minimum Gasteiger partial charge on any atom is -0.496 e. The van der Waals surface area contributed by atoms with Crippen LogP contribution in [0.4, 0.5) is 0 Å². The lowest BCUT2D eigenvalue weighted by atomic mass is 9.72. The number of carbonyl (C=O) groups excluding carboxylic acids is 1. The Morgan fingerprint density at radius 1 is 1.33 bits per heavy atom. The molecule has 1 aromatic rings. The summed E-state index contributed by atoms with van der Waals surface area (Å²) in [5, 5.41) is 9.65. The molecule has 2 aliphatic heterocycles. The van der Waals surface area contributed by atoms with Crippen molar-refractivity contribution in [3.05, 3.63) is 29.3 Å². The maximum Gasteiger partial charge on any atom is 0.308 e. The van der Waals surface area contributed by atoms with E-state index in [0.29, 0.717) is 43.9 Å². The van der Waals surface area contributed by atoms with Gasteiger partial charge in [0.25, 0.3) is 5.91 Å². The van der Waals surface area contributed by atoms with E-state index >= 15 is 0 Å². The molecular weight excluding hydrogens is 310 g/mol. The summed E-state index contributed by atoms with van der Waals surface area (Å²) in [7, 11) is 1.54. The van der Waals surface area contributed by atoms with Gasteiger partial charge in [-0.05, 0) is 31.4 Å². The molecule has 0 aliphatic carbocycles. The Morgan fingerprint density at radius 3 is 2.67 bits per heavy atom. The fraction of sp³-hybridized carbons (Fsp3) is 0.556. The summed E-state index contributed by atoms with van der Waals surface area (Å²) in [5.74, 6) is -0.997. The molecule has 0 saturated carbocycles. The molecule has 1 atom stereocenters. The third kappa shape index (κ3) is 2.75. The second kappa shape index (κ2) is 6.43. The summed E-state index contributed by atoms with van der Waals surface area (Å²) in [6.45, 7) is 3.68. The van der Waals surface area contributed by atoms with Gasteiger partial charge in [0.05, 0.1) is 18.6 Å². The number of rotatable bonds is 3. The average Bonchev–Trinajstić information content (AvgIpc) is 2.93. The van der Waals surface area contributed by atoms with Crippen molar-refractivity contribution in [3.63, 3.8) is 0 Å². The van der Waals surface area contributed by atoms with E-state index in [9.17, 15) is 14.7 Å². The number of carbonyl (C=O) groups is 2. The topological polar surface area (TPSA) is 76.1 Å². The van der Waals surface area contributed by atoms with Gasteiger partial charge >= 0.3 is 5.97 Å². The molecular formula is C18H23NO5. The molecule has 1 amide bonds. The van der Waals surface area contributed by atoms with E-state index in [1.54, 1.807) is 11.0 Å². The molecule has 6 nitrogen and oxygen atoms in total. The Bertz CT molecular complexity index is 651. The van der Waals surface area contributed by atoms with E-state index in [1.807, 2.05) is 19.1 Å². The lowest BCUT2D eigenvalue weighted by molar-refractivity contribution is -0.146. The van der Waals surface area contributed by atoms with Crippen LogP contribution in [0.3, 0.4) is 0 Å². The molecule has 1 N–H and O–H groups in total. The summed E-state index contributed by atoms with van der Waals surface area (Å²) < 4.78 is 10.7. The Kier molecular flexibility index (Phi) is 4.49. The normalized spacial score (nSPS) is 22.6. The van der Waals surface area contributed by atoms with Gasteiger partial charge < -0.3 is 19.5 Å². The summed E-state index contributed by atoms with van der Waals surface area (Å²) in [6, 6.07) is 5.47. The predicted octanol–water partition coefficient (Wildman–Crippen LogP) is 1.96. The molecule has 2 fully saturated rings. The lowest BCUT2D eigenvalue weighted by Gasteiger charge is -2.36. The third-order valence-electron chi connectivity index (χ3n) is 5.39. The zero-order chi connectivity index (χ0) is 17.3. The highest BCUT2D eigenvalue weighted by Crippen LogP contribution is 2.45. The van der Waals surface area contributed by atoms with Crippen LogP contribution in [0.5, 0.6) is 5.75 Å². The number of aliphatic carboxylic acids is 1. The quantitative estimate of drug-likeness (QED) is 0.915. The van der Waals surface area contributed by atoms with Gasteiger partial charge in [-0.1, -0.05) is 12.1 Å². The van der Waals surface area contributed by atoms with E-state index in [4.69, 9.17) is 9.47 Å². The minimum absolute atomic E-state index is 0.153. The summed E-state index contributed by atoms with van der Waals surface area (Å²) in [6.07, 6.45) is 1.36. The van der Waals surface area contributed by atoms with Crippen molar-refractivity contribution in [3.8, 4) is 5.75 Å². The van der Waals surface area contributed by atoms with Crippen LogP contribution in [-0.4, -0.2) is 55.3 Å². The molecule has 2 saturated heterocycles. The van der Waals surface area contributed by atoms with Crippen LogP contribution in [0.25, 0.3) is 0 Å². The fourth-order valence-corrected chi connectivity index (χ4v) is 3.99. The first kappa shape index (κ1) is 16.8. The highest BCUT2D eigenvalue weighted by atomic mass is 16.5. The van der Waals surface area contributed by atoms with E-state index in [-0.39, 0.29) is 17.9 Å². The molecule has 1 aromatic carbocycles. The average molecular weight is 333 g/mol. The van der Waals surface area contributed by atoms with Crippen LogP contribution in [0.2, 0.25) is 0 Å². The van der Waals surface area contributed by atoms with E-state index in [1.165, 1.54) is 7.11 Å². The van der Waals surface area contributed by atoms with Gasteiger partial charge in [-0.3, -0.25) is 9.59 Å². The van der Waals surface area contributed by atoms with Crippen LogP contribution < -0.4 is 4.74 Å². The standard InChI is InChI=1S/C18H23NO5/c1-12-4-3-5-14(23-2)15(12)16(20)19-10-13(17(21)22)18(11-19)6-8-24-9-7-18/h3-5,13H,6-11H2,1-2H3,(H,21,22). The van der Waals surface area contributed by atoms with E-state index < -0.39 is 11.9 Å². The Morgan fingerprint density at radius 2 is 2.04 bits per heavy atom. The van der Waals surface area contributed by atoms with E-state index in [2.05, 4.69) is 0 Å². The maximum atomic E-state index is 13.1. The first-order chi connectivity index (χ1) is 11.5. The molecule has 24 heavy (non-hydrogen) atoms. The van der Waals surface area contributed by atoms with Crippen LogP contribution in [0.15, 0.2) is 18.2 Å². The molecule has 0 radical (unpaired) electrons. The maximum absolute atomic E-state index is 13.1. The largest absolute Gasteiger partial charge is 0.496 e. The number of carboxylic acids is 1. The fourth-order valence-electron chi connectivity index (χ4n) is 3.99.